The molecule has 0 spiro atoms. The topological polar surface area (TPSA) is 123 Å². The Bertz CT molecular complexity index is 1400. The highest BCUT2D eigenvalue weighted by Gasteiger charge is 2.14. The number of carbonyl (C=O) groups is 1. The van der Waals surface area contributed by atoms with Gasteiger partial charge in [-0.15, -0.1) is 5.10 Å². The summed E-state index contributed by atoms with van der Waals surface area (Å²) in [4.78, 5) is 15.6. The fraction of sp³-hybridized carbons (Fsp3) is 0.0952. The van der Waals surface area contributed by atoms with Gasteiger partial charge in [0.15, 0.2) is 15.5 Å². The van der Waals surface area contributed by atoms with Crippen molar-refractivity contribution in [2.24, 2.45) is 0 Å². The Kier molecular flexibility index (Phi) is 5.07. The van der Waals surface area contributed by atoms with Gasteiger partial charge in [-0.2, -0.15) is 4.98 Å². The predicted molar refractivity (Wildman–Crippen MR) is 115 cm³/mol. The van der Waals surface area contributed by atoms with Crippen LogP contribution in [0.25, 0.3) is 16.8 Å². The molecule has 31 heavy (non-hydrogen) atoms. The molecule has 4 aromatic rings. The number of sulfone groups is 1. The van der Waals surface area contributed by atoms with Gasteiger partial charge in [-0.25, -0.2) is 17.7 Å². The molecular weight excluding hydrogens is 420 g/mol. The van der Waals surface area contributed by atoms with Crippen molar-refractivity contribution in [2.45, 2.75) is 4.90 Å². The average Bonchev–Trinajstić information content (AvgIpc) is 3.14. The van der Waals surface area contributed by atoms with Crippen LogP contribution >= 0.6 is 0 Å². The molecule has 0 fully saturated rings. The van der Waals surface area contributed by atoms with Gasteiger partial charge in [-0.05, 0) is 42.0 Å². The minimum atomic E-state index is -3.36. The summed E-state index contributed by atoms with van der Waals surface area (Å²) in [5.41, 5.74) is 3.02. The molecule has 2 heterocycles. The number of carboxylic acids is 1. The van der Waals surface area contributed by atoms with Crippen LogP contribution in [-0.4, -0.2) is 47.5 Å². The van der Waals surface area contributed by atoms with E-state index in [4.69, 9.17) is 9.84 Å². The van der Waals surface area contributed by atoms with Crippen LogP contribution < -0.4 is 10.1 Å². The molecule has 0 unspecified atom stereocenters. The molecule has 0 aliphatic carbocycles. The molecule has 2 N–H and O–H groups in total. The molecule has 2 aromatic carbocycles. The summed E-state index contributed by atoms with van der Waals surface area (Å²) in [6.07, 6.45) is 2.92. The van der Waals surface area contributed by atoms with E-state index in [1.807, 2.05) is 6.07 Å². The summed E-state index contributed by atoms with van der Waals surface area (Å²) < 4.78 is 30.4. The highest BCUT2D eigenvalue weighted by Crippen LogP contribution is 2.30. The van der Waals surface area contributed by atoms with Crippen LogP contribution in [0.15, 0.2) is 65.7 Å². The van der Waals surface area contributed by atoms with Crippen molar-refractivity contribution in [1.29, 1.82) is 0 Å². The lowest BCUT2D eigenvalue weighted by Gasteiger charge is -2.10. The number of anilines is 2. The third-order valence-electron chi connectivity index (χ3n) is 4.64. The monoisotopic (exact) mass is 438 g/mol. The number of nitrogens with one attached hydrogen (secondary N) is 1. The number of aromatic nitrogens is 3. The van der Waals surface area contributed by atoms with E-state index in [0.717, 1.165) is 17.4 Å². The SMILES string of the molecule is COc1cc(S(C)(=O)=O)ccc1Nc1nc2ccc(-c3ccc(C(=O)O)cc3)cn2n1. The Labute approximate surface area is 177 Å². The second kappa shape index (κ2) is 7.73. The van der Waals surface area contributed by atoms with Crippen LogP contribution in [0.2, 0.25) is 0 Å². The van der Waals surface area contributed by atoms with Crippen molar-refractivity contribution in [1.82, 2.24) is 14.6 Å². The van der Waals surface area contributed by atoms with Gasteiger partial charge in [0.1, 0.15) is 5.75 Å². The van der Waals surface area contributed by atoms with Gasteiger partial charge in [-0.1, -0.05) is 12.1 Å². The Morgan fingerprint density at radius 1 is 1.06 bits per heavy atom. The Morgan fingerprint density at radius 2 is 1.77 bits per heavy atom. The van der Waals surface area contributed by atoms with E-state index >= 15 is 0 Å². The molecule has 0 saturated carbocycles. The number of benzene rings is 2. The Balaban J connectivity index is 1.64. The molecule has 9 nitrogen and oxygen atoms in total. The van der Waals surface area contributed by atoms with Crippen LogP contribution in [0, 0.1) is 0 Å². The number of pyridine rings is 1. The summed E-state index contributed by atoms with van der Waals surface area (Å²) in [7, 11) is -1.91. The van der Waals surface area contributed by atoms with Crippen molar-refractivity contribution in [2.75, 3.05) is 18.7 Å². The molecule has 0 bridgehead atoms. The van der Waals surface area contributed by atoms with Crippen molar-refractivity contribution in [3.8, 4) is 16.9 Å². The maximum atomic E-state index is 11.8. The molecule has 0 atom stereocenters. The third-order valence-corrected chi connectivity index (χ3v) is 5.75. The minimum Gasteiger partial charge on any atom is -0.495 e. The first-order valence-electron chi connectivity index (χ1n) is 9.10. The van der Waals surface area contributed by atoms with E-state index in [9.17, 15) is 13.2 Å². The maximum absolute atomic E-state index is 11.8. The Hall–Kier alpha value is -3.92. The van der Waals surface area contributed by atoms with Crippen LogP contribution in [0.4, 0.5) is 11.6 Å². The highest BCUT2D eigenvalue weighted by atomic mass is 32.2. The normalized spacial score (nSPS) is 11.4. The second-order valence-corrected chi connectivity index (χ2v) is 8.81. The van der Waals surface area contributed by atoms with Crippen molar-refractivity contribution < 1.29 is 23.1 Å². The first-order chi connectivity index (χ1) is 14.7. The first-order valence-corrected chi connectivity index (χ1v) is 11.0. The van der Waals surface area contributed by atoms with E-state index in [2.05, 4.69) is 15.4 Å². The number of ether oxygens (including phenoxy) is 1. The van der Waals surface area contributed by atoms with Gasteiger partial charge in [0.25, 0.3) is 0 Å². The van der Waals surface area contributed by atoms with Gasteiger partial charge in [0, 0.05) is 24.1 Å². The van der Waals surface area contributed by atoms with E-state index < -0.39 is 15.8 Å². The zero-order chi connectivity index (χ0) is 22.2. The Morgan fingerprint density at radius 3 is 2.42 bits per heavy atom. The lowest BCUT2D eigenvalue weighted by Crippen LogP contribution is -2.01. The molecular formula is C21H18N4O5S. The highest BCUT2D eigenvalue weighted by molar-refractivity contribution is 7.90. The number of rotatable bonds is 6. The molecule has 2 aromatic heterocycles. The number of aromatic carboxylic acids is 1. The molecule has 0 saturated heterocycles. The number of methoxy groups -OCH3 is 1. The fourth-order valence-electron chi connectivity index (χ4n) is 3.04. The smallest absolute Gasteiger partial charge is 0.335 e. The number of nitrogens with zero attached hydrogens (tertiary/aromatic N) is 3. The largest absolute Gasteiger partial charge is 0.495 e. The van der Waals surface area contributed by atoms with Crippen molar-refractivity contribution in [3.63, 3.8) is 0 Å². The van der Waals surface area contributed by atoms with E-state index in [1.165, 1.54) is 19.2 Å². The predicted octanol–water partition coefficient (Wildman–Crippen LogP) is 3.25. The average molecular weight is 438 g/mol. The molecule has 10 heteroatoms. The van der Waals surface area contributed by atoms with Crippen LogP contribution in [0.5, 0.6) is 5.75 Å². The first kappa shape index (κ1) is 20.4. The third kappa shape index (κ3) is 4.19. The maximum Gasteiger partial charge on any atom is 0.335 e. The minimum absolute atomic E-state index is 0.149. The van der Waals surface area contributed by atoms with E-state index in [1.54, 1.807) is 47.1 Å². The number of carboxylic acid groups (broad SMARTS) is 1. The van der Waals surface area contributed by atoms with Crippen LogP contribution in [0.3, 0.4) is 0 Å². The van der Waals surface area contributed by atoms with Crippen molar-refractivity contribution in [3.05, 3.63) is 66.4 Å². The molecule has 158 valence electrons. The van der Waals surface area contributed by atoms with E-state index in [-0.39, 0.29) is 10.5 Å². The summed E-state index contributed by atoms with van der Waals surface area (Å²) in [6.45, 7) is 0. The number of hydrogen-bond acceptors (Lipinski definition) is 7. The molecule has 0 amide bonds. The van der Waals surface area contributed by atoms with Gasteiger partial charge >= 0.3 is 5.97 Å². The zero-order valence-electron chi connectivity index (χ0n) is 16.6. The summed E-state index contributed by atoms with van der Waals surface area (Å²) >= 11 is 0. The number of fused-ring (bicyclic) bond motifs is 1. The second-order valence-electron chi connectivity index (χ2n) is 6.80. The quantitative estimate of drug-likeness (QED) is 0.470. The van der Waals surface area contributed by atoms with Crippen molar-refractivity contribution >= 4 is 33.1 Å². The summed E-state index contributed by atoms with van der Waals surface area (Å²) in [5, 5.41) is 16.5. The molecule has 4 rings (SSSR count). The lowest BCUT2D eigenvalue weighted by molar-refractivity contribution is 0.0697. The van der Waals surface area contributed by atoms with Gasteiger partial charge < -0.3 is 15.2 Å². The van der Waals surface area contributed by atoms with E-state index in [0.29, 0.717) is 23.0 Å². The lowest BCUT2D eigenvalue weighted by atomic mass is 10.1. The molecule has 0 aliphatic rings. The summed E-state index contributed by atoms with van der Waals surface area (Å²) in [5.74, 6) is -0.321. The molecule has 0 aliphatic heterocycles. The summed E-state index contributed by atoms with van der Waals surface area (Å²) in [6, 6.07) is 14.7. The zero-order valence-corrected chi connectivity index (χ0v) is 17.4. The van der Waals surface area contributed by atoms with Gasteiger partial charge in [0.2, 0.25) is 5.95 Å². The number of hydrogen-bond donors (Lipinski definition) is 2. The standard InChI is InChI=1S/C21H18N4O5S/c1-30-18-11-16(31(2,28)29)8-9-17(18)22-21-23-19-10-7-15(12-25(19)24-21)13-3-5-14(6-4-13)20(26)27/h3-12H,1-2H3,(H,22,24)(H,26,27). The van der Waals surface area contributed by atoms with Gasteiger partial charge in [-0.3, -0.25) is 0 Å². The fourth-order valence-corrected chi connectivity index (χ4v) is 3.67. The van der Waals surface area contributed by atoms with Crippen LogP contribution in [0.1, 0.15) is 10.4 Å². The van der Waals surface area contributed by atoms with Crippen LogP contribution in [-0.2, 0) is 9.84 Å². The van der Waals surface area contributed by atoms with Gasteiger partial charge in [0.05, 0.1) is 23.3 Å². The molecule has 0 radical (unpaired) electrons.